The van der Waals surface area contributed by atoms with Crippen molar-refractivity contribution in [2.24, 2.45) is 0 Å². The first-order valence-corrected chi connectivity index (χ1v) is 6.68. The summed E-state index contributed by atoms with van der Waals surface area (Å²) in [5, 5.41) is 3.51. The number of hydrogen-bond acceptors (Lipinski definition) is 1. The molecule has 0 radical (unpaired) electrons. The fourth-order valence-electron chi connectivity index (χ4n) is 1.70. The molecule has 0 saturated heterocycles. The van der Waals surface area contributed by atoms with Gasteiger partial charge in [-0.1, -0.05) is 18.4 Å². The molecule has 1 heteroatoms. The highest BCUT2D eigenvalue weighted by Crippen LogP contribution is 2.13. The molecule has 1 nitrogen and oxygen atoms in total. The molecule has 0 amide bonds. The number of unbranched alkanes of at least 4 members (excludes halogenated alkanes) is 1. The molecule has 0 aromatic heterocycles. The SMILES string of the molecule is CCC1=C=C=C(CCCCNC(C)(C)C)C=C1. The summed E-state index contributed by atoms with van der Waals surface area (Å²) in [5.41, 5.74) is 9.24. The van der Waals surface area contributed by atoms with Gasteiger partial charge in [0.15, 0.2) is 0 Å². The topological polar surface area (TPSA) is 12.0 Å². The fourth-order valence-corrected chi connectivity index (χ4v) is 1.70. The summed E-state index contributed by atoms with van der Waals surface area (Å²) in [6, 6.07) is 0. The zero-order chi connectivity index (χ0) is 12.7. The first-order chi connectivity index (χ1) is 8.01. The third kappa shape index (κ3) is 6.34. The standard InChI is InChI=1S/C16H25N/c1-5-14-9-11-15(12-10-14)8-6-7-13-17-16(2,3)4/h9,11,17H,5-8,13H2,1-4H3. The average molecular weight is 231 g/mol. The number of hydrogen-bond donors (Lipinski definition) is 1. The highest BCUT2D eigenvalue weighted by Gasteiger charge is 2.07. The maximum Gasteiger partial charge on any atom is 0.00965 e. The molecule has 1 aliphatic carbocycles. The molecule has 0 atom stereocenters. The van der Waals surface area contributed by atoms with Crippen LogP contribution in [0.25, 0.3) is 0 Å². The van der Waals surface area contributed by atoms with Crippen LogP contribution in [0, 0.1) is 0 Å². The van der Waals surface area contributed by atoms with E-state index in [4.69, 9.17) is 0 Å². The minimum atomic E-state index is 0.239. The Morgan fingerprint density at radius 2 is 1.71 bits per heavy atom. The van der Waals surface area contributed by atoms with Crippen LogP contribution in [-0.4, -0.2) is 12.1 Å². The van der Waals surface area contributed by atoms with Crippen molar-refractivity contribution < 1.29 is 0 Å². The molecule has 0 aromatic rings. The molecule has 0 aliphatic heterocycles. The largest absolute Gasteiger partial charge is 0.312 e. The van der Waals surface area contributed by atoms with Gasteiger partial charge in [-0.15, -0.1) is 0 Å². The minimum absolute atomic E-state index is 0.239. The molecule has 0 aromatic carbocycles. The van der Waals surface area contributed by atoms with Gasteiger partial charge in [0.2, 0.25) is 0 Å². The van der Waals surface area contributed by atoms with Crippen molar-refractivity contribution in [1.29, 1.82) is 0 Å². The molecule has 0 fully saturated rings. The molecule has 1 aliphatic rings. The summed E-state index contributed by atoms with van der Waals surface area (Å²) in [7, 11) is 0. The van der Waals surface area contributed by atoms with E-state index in [1.807, 2.05) is 0 Å². The van der Waals surface area contributed by atoms with E-state index < -0.39 is 0 Å². The Labute approximate surface area is 106 Å². The van der Waals surface area contributed by atoms with Crippen molar-refractivity contribution >= 4 is 0 Å². The normalized spacial score (nSPS) is 14.8. The van der Waals surface area contributed by atoms with Gasteiger partial charge in [-0.25, -0.2) is 0 Å². The lowest BCUT2D eigenvalue weighted by Gasteiger charge is -2.20. The van der Waals surface area contributed by atoms with Crippen molar-refractivity contribution in [3.05, 3.63) is 34.8 Å². The van der Waals surface area contributed by atoms with Crippen LogP contribution in [0.3, 0.4) is 0 Å². The third-order valence-electron chi connectivity index (χ3n) is 2.78. The van der Waals surface area contributed by atoms with E-state index in [-0.39, 0.29) is 5.54 Å². The van der Waals surface area contributed by atoms with Crippen molar-refractivity contribution in [1.82, 2.24) is 5.32 Å². The molecule has 17 heavy (non-hydrogen) atoms. The second-order valence-electron chi connectivity index (χ2n) is 5.62. The summed E-state index contributed by atoms with van der Waals surface area (Å²) in [6.07, 6.45) is 8.96. The Morgan fingerprint density at radius 3 is 2.24 bits per heavy atom. The van der Waals surface area contributed by atoms with Crippen LogP contribution < -0.4 is 5.32 Å². The minimum Gasteiger partial charge on any atom is -0.312 e. The van der Waals surface area contributed by atoms with E-state index in [0.29, 0.717) is 0 Å². The molecule has 0 bridgehead atoms. The van der Waals surface area contributed by atoms with E-state index in [9.17, 15) is 0 Å². The number of allylic oxidation sites excluding steroid dienone is 4. The molecular weight excluding hydrogens is 206 g/mol. The van der Waals surface area contributed by atoms with Gasteiger partial charge in [0.1, 0.15) is 0 Å². The van der Waals surface area contributed by atoms with Crippen molar-refractivity contribution in [2.45, 2.75) is 58.9 Å². The molecule has 0 heterocycles. The van der Waals surface area contributed by atoms with Crippen LogP contribution in [0.5, 0.6) is 0 Å². The van der Waals surface area contributed by atoms with Crippen molar-refractivity contribution in [3.8, 4) is 0 Å². The second-order valence-corrected chi connectivity index (χ2v) is 5.62. The predicted molar refractivity (Wildman–Crippen MR) is 75.1 cm³/mol. The molecule has 1 N–H and O–H groups in total. The van der Waals surface area contributed by atoms with Crippen LogP contribution in [-0.2, 0) is 0 Å². The fraction of sp³-hybridized carbons (Fsp3) is 0.625. The number of nitrogens with one attached hydrogen (secondary N) is 1. The third-order valence-corrected chi connectivity index (χ3v) is 2.78. The summed E-state index contributed by atoms with van der Waals surface area (Å²) in [4.78, 5) is 0. The molecule has 1 rings (SSSR count). The van der Waals surface area contributed by atoms with E-state index in [0.717, 1.165) is 19.4 Å². The Balaban J connectivity index is 2.23. The molecule has 0 spiro atoms. The summed E-state index contributed by atoms with van der Waals surface area (Å²) in [6.45, 7) is 9.87. The highest BCUT2D eigenvalue weighted by molar-refractivity contribution is 5.31. The van der Waals surface area contributed by atoms with Crippen LogP contribution >= 0.6 is 0 Å². The predicted octanol–water partition coefficient (Wildman–Crippen LogP) is 4.13. The maximum absolute atomic E-state index is 3.51. The zero-order valence-corrected chi connectivity index (χ0v) is 11.7. The van der Waals surface area contributed by atoms with Gasteiger partial charge in [-0.2, -0.15) is 0 Å². The first kappa shape index (κ1) is 14.1. The van der Waals surface area contributed by atoms with Gasteiger partial charge >= 0.3 is 0 Å². The van der Waals surface area contributed by atoms with Gasteiger partial charge in [0.05, 0.1) is 0 Å². The van der Waals surface area contributed by atoms with Crippen molar-refractivity contribution in [3.63, 3.8) is 0 Å². The maximum atomic E-state index is 3.51. The Morgan fingerprint density at radius 1 is 1.06 bits per heavy atom. The summed E-state index contributed by atoms with van der Waals surface area (Å²) < 4.78 is 0. The van der Waals surface area contributed by atoms with Crippen LogP contribution in [0.4, 0.5) is 0 Å². The molecule has 0 saturated carbocycles. The lowest BCUT2D eigenvalue weighted by atomic mass is 10.0. The molecule has 94 valence electrons. The Hall–Kier alpha value is -1.00. The van der Waals surface area contributed by atoms with E-state index in [1.165, 1.54) is 24.0 Å². The van der Waals surface area contributed by atoms with Gasteiger partial charge in [-0.3, -0.25) is 0 Å². The average Bonchev–Trinajstić information content (AvgIpc) is 2.28. The van der Waals surface area contributed by atoms with Gasteiger partial charge in [0, 0.05) is 16.7 Å². The van der Waals surface area contributed by atoms with Crippen LogP contribution in [0.1, 0.15) is 53.4 Å². The molecular formula is C16H25N. The lowest BCUT2D eigenvalue weighted by Crippen LogP contribution is -2.36. The van der Waals surface area contributed by atoms with Gasteiger partial charge < -0.3 is 5.32 Å². The summed E-state index contributed by atoms with van der Waals surface area (Å²) >= 11 is 0. The monoisotopic (exact) mass is 231 g/mol. The quantitative estimate of drug-likeness (QED) is 0.535. The van der Waals surface area contributed by atoms with Gasteiger partial charge in [-0.05, 0) is 65.2 Å². The Bertz CT molecular complexity index is 367. The smallest absolute Gasteiger partial charge is 0.00965 e. The van der Waals surface area contributed by atoms with E-state index in [2.05, 4.69) is 56.6 Å². The molecule has 0 unspecified atom stereocenters. The first-order valence-electron chi connectivity index (χ1n) is 6.68. The summed E-state index contributed by atoms with van der Waals surface area (Å²) in [5.74, 6) is 0. The number of rotatable bonds is 6. The lowest BCUT2D eigenvalue weighted by molar-refractivity contribution is 0.419. The van der Waals surface area contributed by atoms with Crippen LogP contribution in [0.2, 0.25) is 0 Å². The van der Waals surface area contributed by atoms with E-state index in [1.54, 1.807) is 0 Å². The van der Waals surface area contributed by atoms with Gasteiger partial charge in [0.25, 0.3) is 0 Å². The van der Waals surface area contributed by atoms with E-state index >= 15 is 0 Å². The Kier molecular flexibility index (Phi) is 5.51. The second kappa shape index (κ2) is 6.67. The van der Waals surface area contributed by atoms with Crippen molar-refractivity contribution in [2.75, 3.05) is 6.54 Å². The van der Waals surface area contributed by atoms with Crippen LogP contribution in [0.15, 0.2) is 34.8 Å². The zero-order valence-electron chi connectivity index (χ0n) is 11.7. The highest BCUT2D eigenvalue weighted by atomic mass is 14.9.